The average Bonchev–Trinajstić information content (AvgIpc) is 1.84. The maximum Gasteiger partial charge on any atom is 0.267 e. The number of hydrogen-bond acceptors (Lipinski definition) is 3. The zero-order valence-corrected chi connectivity index (χ0v) is 7.93. The van der Waals surface area contributed by atoms with E-state index < -0.39 is 39.2 Å². The lowest BCUT2D eigenvalue weighted by atomic mass is 10.6. The maximum absolute atomic E-state index is 11.6. The molecular formula is C4H9F3O3S2. The third-order valence-corrected chi connectivity index (χ3v) is 3.07. The molecule has 0 amide bonds. The van der Waals surface area contributed by atoms with Crippen molar-refractivity contribution in [2.45, 2.75) is 6.42 Å². The summed E-state index contributed by atoms with van der Waals surface area (Å²) in [6.45, 7) is 0. The monoisotopic (exact) mass is 226 g/mol. The van der Waals surface area contributed by atoms with Crippen molar-refractivity contribution in [1.29, 1.82) is 0 Å². The van der Waals surface area contributed by atoms with Crippen LogP contribution in [0.15, 0.2) is 0 Å². The molecule has 0 atom stereocenters. The molecule has 8 heteroatoms. The van der Waals surface area contributed by atoms with Crippen molar-refractivity contribution in [2.75, 3.05) is 18.6 Å². The number of halogens is 3. The Morgan fingerprint density at radius 3 is 2.00 bits per heavy atom. The van der Waals surface area contributed by atoms with E-state index in [1.807, 2.05) is 0 Å². The SMILES string of the molecule is COS(=O)(=O)CCCS(F)(F)F. The summed E-state index contributed by atoms with van der Waals surface area (Å²) in [4.78, 5) is 0. The van der Waals surface area contributed by atoms with Gasteiger partial charge in [0.2, 0.25) is 11.2 Å². The topological polar surface area (TPSA) is 43.4 Å². The highest BCUT2D eigenvalue weighted by atomic mass is 32.3. The molecule has 0 heterocycles. The third-order valence-electron chi connectivity index (χ3n) is 1.02. The zero-order valence-electron chi connectivity index (χ0n) is 6.30. The van der Waals surface area contributed by atoms with Crippen LogP contribution in [0.4, 0.5) is 11.7 Å². The molecule has 0 aliphatic rings. The normalized spacial score (nSPS) is 14.7. The van der Waals surface area contributed by atoms with Crippen LogP contribution in [0.1, 0.15) is 6.42 Å². The van der Waals surface area contributed by atoms with Gasteiger partial charge in [0.15, 0.2) is 0 Å². The third kappa shape index (κ3) is 6.74. The summed E-state index contributed by atoms with van der Waals surface area (Å²) in [5.74, 6) is -1.59. The average molecular weight is 226 g/mol. The van der Waals surface area contributed by atoms with E-state index in [0.717, 1.165) is 7.11 Å². The summed E-state index contributed by atoms with van der Waals surface area (Å²) in [5.41, 5.74) is 0. The van der Waals surface area contributed by atoms with Gasteiger partial charge in [-0.25, -0.2) is 0 Å². The summed E-state index contributed by atoms with van der Waals surface area (Å²) in [5, 5.41) is 0. The maximum atomic E-state index is 11.6. The highest BCUT2D eigenvalue weighted by molar-refractivity contribution is 8.20. The van der Waals surface area contributed by atoms with Gasteiger partial charge in [-0.2, -0.15) is 8.42 Å². The van der Waals surface area contributed by atoms with Gasteiger partial charge in [0.1, 0.15) is 0 Å². The zero-order chi connectivity index (χ0) is 9.83. The predicted octanol–water partition coefficient (Wildman–Crippen LogP) is 1.81. The molecular weight excluding hydrogens is 217 g/mol. The Labute approximate surface area is 71.2 Å². The van der Waals surface area contributed by atoms with Gasteiger partial charge in [0, 0.05) is 0 Å². The second kappa shape index (κ2) is 4.33. The fourth-order valence-corrected chi connectivity index (χ4v) is 1.80. The van der Waals surface area contributed by atoms with Gasteiger partial charge in [-0.3, -0.25) is 4.18 Å². The number of hydrogen-bond donors (Lipinski definition) is 0. The van der Waals surface area contributed by atoms with Crippen LogP contribution in [-0.4, -0.2) is 27.0 Å². The van der Waals surface area contributed by atoms with E-state index in [9.17, 15) is 20.1 Å². The van der Waals surface area contributed by atoms with E-state index in [1.165, 1.54) is 0 Å². The lowest BCUT2D eigenvalue weighted by Crippen LogP contribution is -2.09. The summed E-state index contributed by atoms with van der Waals surface area (Å²) in [6.07, 6.45) is -0.422. The minimum absolute atomic E-state index is 0.422. The molecule has 0 aliphatic carbocycles. The Morgan fingerprint density at radius 2 is 1.67 bits per heavy atom. The van der Waals surface area contributed by atoms with E-state index in [0.29, 0.717) is 0 Å². The van der Waals surface area contributed by atoms with Gasteiger partial charge < -0.3 is 0 Å². The van der Waals surface area contributed by atoms with Crippen molar-refractivity contribution in [3.05, 3.63) is 0 Å². The van der Waals surface area contributed by atoms with Crippen LogP contribution >= 0.6 is 11.2 Å². The van der Waals surface area contributed by atoms with Crippen LogP contribution < -0.4 is 0 Å². The molecule has 0 spiro atoms. The summed E-state index contributed by atoms with van der Waals surface area (Å²) >= 11 is -5.07. The summed E-state index contributed by atoms with van der Waals surface area (Å²) in [6, 6.07) is 0. The molecule has 0 aromatic carbocycles. The van der Waals surface area contributed by atoms with Gasteiger partial charge in [-0.15, -0.1) is 11.7 Å². The Balaban J connectivity index is 3.73. The summed E-state index contributed by atoms with van der Waals surface area (Å²) in [7, 11) is -2.80. The first-order chi connectivity index (χ1) is 5.27. The van der Waals surface area contributed by atoms with E-state index >= 15 is 0 Å². The van der Waals surface area contributed by atoms with Gasteiger partial charge in [0.05, 0.1) is 18.6 Å². The van der Waals surface area contributed by atoms with Gasteiger partial charge in [-0.05, 0) is 6.42 Å². The molecule has 0 saturated carbocycles. The molecule has 0 aromatic heterocycles. The molecule has 76 valence electrons. The molecule has 12 heavy (non-hydrogen) atoms. The van der Waals surface area contributed by atoms with Crippen LogP contribution in [0.5, 0.6) is 0 Å². The van der Waals surface area contributed by atoms with Crippen LogP contribution in [-0.2, 0) is 14.3 Å². The first-order valence-electron chi connectivity index (χ1n) is 2.95. The molecule has 0 rings (SSSR count). The quantitative estimate of drug-likeness (QED) is 0.671. The van der Waals surface area contributed by atoms with Crippen LogP contribution in [0, 0.1) is 0 Å². The highest BCUT2D eigenvalue weighted by Gasteiger charge is 2.21. The molecule has 0 radical (unpaired) electrons. The smallest absolute Gasteiger partial charge is 0.267 e. The van der Waals surface area contributed by atoms with Gasteiger partial charge in [0.25, 0.3) is 10.1 Å². The molecule has 0 saturated heterocycles. The molecule has 3 nitrogen and oxygen atoms in total. The van der Waals surface area contributed by atoms with Crippen molar-refractivity contribution in [2.24, 2.45) is 0 Å². The lowest BCUT2D eigenvalue weighted by Gasteiger charge is -2.08. The first kappa shape index (κ1) is 12.0. The predicted molar refractivity (Wildman–Crippen MR) is 41.2 cm³/mol. The van der Waals surface area contributed by atoms with Gasteiger partial charge in [-0.1, -0.05) is 0 Å². The molecule has 0 N–H and O–H groups in total. The Kier molecular flexibility index (Phi) is 4.35. The minimum Gasteiger partial charge on any atom is -0.273 e. The Morgan fingerprint density at radius 1 is 1.17 bits per heavy atom. The molecule has 0 unspecified atom stereocenters. The molecule has 0 aromatic rings. The van der Waals surface area contributed by atoms with Gasteiger partial charge >= 0.3 is 0 Å². The van der Waals surface area contributed by atoms with Crippen LogP contribution in [0.2, 0.25) is 0 Å². The highest BCUT2D eigenvalue weighted by Crippen LogP contribution is 2.53. The Hall–Kier alpha value is 0.0500. The Bertz CT molecular complexity index is 220. The van der Waals surface area contributed by atoms with E-state index in [2.05, 4.69) is 4.18 Å². The molecule has 0 fully saturated rings. The first-order valence-corrected chi connectivity index (χ1v) is 6.03. The van der Waals surface area contributed by atoms with Crippen LogP contribution in [0.3, 0.4) is 0 Å². The van der Waals surface area contributed by atoms with Crippen molar-refractivity contribution >= 4 is 21.3 Å². The van der Waals surface area contributed by atoms with Crippen molar-refractivity contribution in [3.8, 4) is 0 Å². The summed E-state index contributed by atoms with van der Waals surface area (Å²) < 4.78 is 59.7. The second-order valence-electron chi connectivity index (χ2n) is 1.99. The van der Waals surface area contributed by atoms with Crippen molar-refractivity contribution in [1.82, 2.24) is 0 Å². The van der Waals surface area contributed by atoms with Crippen LogP contribution in [0.25, 0.3) is 0 Å². The van der Waals surface area contributed by atoms with E-state index in [1.54, 1.807) is 0 Å². The van der Waals surface area contributed by atoms with E-state index in [4.69, 9.17) is 0 Å². The fourth-order valence-electron chi connectivity index (χ4n) is 0.483. The molecule has 0 aliphatic heterocycles. The fraction of sp³-hybridized carbons (Fsp3) is 1.00. The van der Waals surface area contributed by atoms with Crippen molar-refractivity contribution in [3.63, 3.8) is 0 Å². The standard InChI is InChI=1S/C4H9F3O3S2/c1-10-12(8,9)4-2-3-11(5,6)7/h2-4H2,1H3. The minimum atomic E-state index is -5.07. The number of rotatable bonds is 5. The second-order valence-corrected chi connectivity index (χ2v) is 5.26. The largest absolute Gasteiger partial charge is 0.273 e. The van der Waals surface area contributed by atoms with Crippen molar-refractivity contribution < 1.29 is 24.3 Å². The van der Waals surface area contributed by atoms with E-state index in [-0.39, 0.29) is 0 Å². The molecule has 0 bridgehead atoms. The lowest BCUT2D eigenvalue weighted by molar-refractivity contribution is 0.397.